The number of benzene rings is 1. The minimum Gasteiger partial charge on any atom is -0.486 e. The molecule has 0 aromatic heterocycles. The van der Waals surface area contributed by atoms with Crippen LogP contribution in [-0.2, 0) is 20.9 Å². The van der Waals surface area contributed by atoms with E-state index in [0.29, 0.717) is 35.8 Å². The molecule has 6 heteroatoms. The highest BCUT2D eigenvalue weighted by molar-refractivity contribution is 5.77. The molecule has 0 saturated carbocycles. The van der Waals surface area contributed by atoms with Crippen molar-refractivity contribution in [2.45, 2.75) is 19.6 Å². The molecule has 1 unspecified atom stereocenters. The maximum atomic E-state index is 11.7. The number of methoxy groups -OCH3 is 1. The highest BCUT2D eigenvalue weighted by Crippen LogP contribution is 2.36. The number of carbonyl (C=O) groups excluding carboxylic acids is 1. The Morgan fingerprint density at radius 3 is 2.60 bits per heavy atom. The van der Waals surface area contributed by atoms with Gasteiger partial charge in [-0.2, -0.15) is 0 Å². The van der Waals surface area contributed by atoms with Gasteiger partial charge in [-0.3, -0.25) is 0 Å². The largest absolute Gasteiger partial charge is 0.486 e. The standard InChI is InChI=1S/C14H18O6/c1-3-18-14(16)13(15)10-7-12-11(19-4-5-20-12)6-9(10)8-17-2/h6-7,13,15H,3-5,8H2,1-2H3. The van der Waals surface area contributed by atoms with Crippen molar-refractivity contribution in [1.29, 1.82) is 0 Å². The van der Waals surface area contributed by atoms with E-state index in [1.807, 2.05) is 0 Å². The van der Waals surface area contributed by atoms with Crippen molar-refractivity contribution in [2.24, 2.45) is 0 Å². The molecular formula is C14H18O6. The SMILES string of the molecule is CCOC(=O)C(O)c1cc2c(cc1COC)OCCO2. The van der Waals surface area contributed by atoms with Gasteiger partial charge in [0.15, 0.2) is 17.6 Å². The van der Waals surface area contributed by atoms with Crippen LogP contribution < -0.4 is 9.47 Å². The Morgan fingerprint density at radius 1 is 1.35 bits per heavy atom. The summed E-state index contributed by atoms with van der Waals surface area (Å²) in [6.45, 7) is 3.05. The van der Waals surface area contributed by atoms with Gasteiger partial charge >= 0.3 is 5.97 Å². The Bertz CT molecular complexity index is 485. The number of rotatable bonds is 5. The first-order chi connectivity index (χ1) is 9.67. The monoisotopic (exact) mass is 282 g/mol. The lowest BCUT2D eigenvalue weighted by atomic mass is 10.0. The van der Waals surface area contributed by atoms with E-state index in [-0.39, 0.29) is 13.2 Å². The number of ether oxygens (including phenoxy) is 4. The molecule has 0 saturated heterocycles. The molecule has 20 heavy (non-hydrogen) atoms. The Kier molecular flexibility index (Phi) is 4.81. The molecule has 0 aliphatic carbocycles. The van der Waals surface area contributed by atoms with E-state index in [0.717, 1.165) is 0 Å². The third-order valence-corrected chi connectivity index (χ3v) is 2.91. The van der Waals surface area contributed by atoms with Crippen molar-refractivity contribution < 1.29 is 28.8 Å². The lowest BCUT2D eigenvalue weighted by molar-refractivity contribution is -0.153. The number of hydrogen-bond donors (Lipinski definition) is 1. The van der Waals surface area contributed by atoms with Crippen LogP contribution in [0.25, 0.3) is 0 Å². The van der Waals surface area contributed by atoms with E-state index in [2.05, 4.69) is 0 Å². The van der Waals surface area contributed by atoms with Crippen molar-refractivity contribution in [3.8, 4) is 11.5 Å². The second kappa shape index (κ2) is 6.58. The zero-order valence-electron chi connectivity index (χ0n) is 11.5. The quantitative estimate of drug-likeness (QED) is 0.818. The van der Waals surface area contributed by atoms with Crippen LogP contribution in [0.1, 0.15) is 24.2 Å². The molecule has 1 aromatic rings. The number of fused-ring (bicyclic) bond motifs is 1. The lowest BCUT2D eigenvalue weighted by Gasteiger charge is -2.22. The van der Waals surface area contributed by atoms with E-state index < -0.39 is 12.1 Å². The third-order valence-electron chi connectivity index (χ3n) is 2.91. The summed E-state index contributed by atoms with van der Waals surface area (Å²) >= 11 is 0. The Hall–Kier alpha value is -1.79. The molecule has 1 heterocycles. The van der Waals surface area contributed by atoms with E-state index in [9.17, 15) is 9.90 Å². The van der Waals surface area contributed by atoms with Gasteiger partial charge in [0.05, 0.1) is 13.2 Å². The first-order valence-corrected chi connectivity index (χ1v) is 6.43. The Labute approximate surface area is 117 Å². The highest BCUT2D eigenvalue weighted by atomic mass is 16.6. The minimum absolute atomic E-state index is 0.208. The average molecular weight is 282 g/mol. The van der Waals surface area contributed by atoms with Crippen molar-refractivity contribution in [2.75, 3.05) is 26.9 Å². The number of aliphatic hydroxyl groups excluding tert-OH is 1. The second-order valence-electron chi connectivity index (χ2n) is 4.28. The van der Waals surface area contributed by atoms with E-state index in [4.69, 9.17) is 18.9 Å². The zero-order chi connectivity index (χ0) is 14.5. The molecule has 0 bridgehead atoms. The fourth-order valence-electron chi connectivity index (χ4n) is 2.03. The van der Waals surface area contributed by atoms with Crippen LogP contribution in [0.3, 0.4) is 0 Å². The molecule has 1 N–H and O–H groups in total. The average Bonchev–Trinajstić information content (AvgIpc) is 2.46. The van der Waals surface area contributed by atoms with Gasteiger partial charge in [0.25, 0.3) is 0 Å². The van der Waals surface area contributed by atoms with E-state index >= 15 is 0 Å². The first kappa shape index (κ1) is 14.6. The van der Waals surface area contributed by atoms with Crippen LogP contribution in [0.4, 0.5) is 0 Å². The topological polar surface area (TPSA) is 74.2 Å². The number of hydrogen-bond acceptors (Lipinski definition) is 6. The van der Waals surface area contributed by atoms with Gasteiger partial charge < -0.3 is 24.1 Å². The molecule has 1 aromatic carbocycles. The van der Waals surface area contributed by atoms with Gasteiger partial charge in [-0.15, -0.1) is 0 Å². The maximum absolute atomic E-state index is 11.7. The van der Waals surface area contributed by atoms with Gasteiger partial charge in [-0.1, -0.05) is 0 Å². The summed E-state index contributed by atoms with van der Waals surface area (Å²) in [5.41, 5.74) is 1.08. The summed E-state index contributed by atoms with van der Waals surface area (Å²) in [4.78, 5) is 11.7. The number of aliphatic hydroxyl groups is 1. The first-order valence-electron chi connectivity index (χ1n) is 6.43. The summed E-state index contributed by atoms with van der Waals surface area (Å²) in [5.74, 6) is 0.402. The number of carbonyl (C=O) groups is 1. The molecule has 0 radical (unpaired) electrons. The Morgan fingerprint density at radius 2 is 2.00 bits per heavy atom. The normalized spacial score (nSPS) is 14.8. The Balaban J connectivity index is 2.36. The van der Waals surface area contributed by atoms with Crippen molar-refractivity contribution >= 4 is 5.97 Å². The summed E-state index contributed by atoms with van der Waals surface area (Å²) in [6.07, 6.45) is -1.36. The van der Waals surface area contributed by atoms with Gasteiger partial charge in [0, 0.05) is 12.7 Å². The van der Waals surface area contributed by atoms with Gasteiger partial charge in [-0.25, -0.2) is 4.79 Å². The molecule has 110 valence electrons. The predicted molar refractivity (Wildman–Crippen MR) is 69.7 cm³/mol. The van der Waals surface area contributed by atoms with Gasteiger partial charge in [0.2, 0.25) is 0 Å². The van der Waals surface area contributed by atoms with E-state index in [1.54, 1.807) is 19.1 Å². The predicted octanol–water partition coefficient (Wildman–Crippen LogP) is 1.20. The minimum atomic E-state index is -1.36. The van der Waals surface area contributed by atoms with Crippen molar-refractivity contribution in [1.82, 2.24) is 0 Å². The van der Waals surface area contributed by atoms with Crippen molar-refractivity contribution in [3.05, 3.63) is 23.3 Å². The molecule has 0 fully saturated rings. The highest BCUT2D eigenvalue weighted by Gasteiger charge is 2.25. The molecule has 0 spiro atoms. The molecular weight excluding hydrogens is 264 g/mol. The van der Waals surface area contributed by atoms with Crippen LogP contribution in [0.2, 0.25) is 0 Å². The van der Waals surface area contributed by atoms with Gasteiger partial charge in [-0.05, 0) is 24.6 Å². The van der Waals surface area contributed by atoms with Gasteiger partial charge in [0.1, 0.15) is 13.2 Å². The fraction of sp³-hybridized carbons (Fsp3) is 0.500. The summed E-state index contributed by atoms with van der Waals surface area (Å²) < 4.78 is 20.9. The smallest absolute Gasteiger partial charge is 0.339 e. The van der Waals surface area contributed by atoms with Crippen LogP contribution in [-0.4, -0.2) is 38.0 Å². The molecule has 2 rings (SSSR count). The second-order valence-corrected chi connectivity index (χ2v) is 4.28. The zero-order valence-corrected chi connectivity index (χ0v) is 11.5. The number of esters is 1. The van der Waals surface area contributed by atoms with E-state index in [1.165, 1.54) is 7.11 Å². The fourth-order valence-corrected chi connectivity index (χ4v) is 2.03. The van der Waals surface area contributed by atoms with Crippen LogP contribution in [0.15, 0.2) is 12.1 Å². The summed E-state index contributed by atoms with van der Waals surface area (Å²) in [6, 6.07) is 3.32. The summed E-state index contributed by atoms with van der Waals surface area (Å²) in [5, 5.41) is 10.1. The summed E-state index contributed by atoms with van der Waals surface area (Å²) in [7, 11) is 1.54. The van der Waals surface area contributed by atoms with Crippen LogP contribution in [0, 0.1) is 0 Å². The molecule has 0 amide bonds. The lowest BCUT2D eigenvalue weighted by Crippen LogP contribution is -2.20. The maximum Gasteiger partial charge on any atom is 0.339 e. The molecule has 1 aliphatic heterocycles. The van der Waals surface area contributed by atoms with Crippen LogP contribution in [0.5, 0.6) is 11.5 Å². The third kappa shape index (κ3) is 3.02. The molecule has 1 atom stereocenters. The molecule has 1 aliphatic rings. The molecule has 6 nitrogen and oxygen atoms in total. The van der Waals surface area contributed by atoms with Crippen LogP contribution >= 0.6 is 0 Å². The van der Waals surface area contributed by atoms with Crippen molar-refractivity contribution in [3.63, 3.8) is 0 Å².